The number of nitrogens with zero attached hydrogens (tertiary/aromatic N) is 4. The highest BCUT2D eigenvalue weighted by atomic mass is 16.5. The van der Waals surface area contributed by atoms with Crippen molar-refractivity contribution in [3.05, 3.63) is 72.7 Å². The van der Waals surface area contributed by atoms with E-state index in [1.807, 2.05) is 48.5 Å². The quantitative estimate of drug-likeness (QED) is 0.404. The first-order valence-corrected chi connectivity index (χ1v) is 12.4. The van der Waals surface area contributed by atoms with E-state index in [9.17, 15) is 9.90 Å². The van der Waals surface area contributed by atoms with Crippen LogP contribution in [-0.4, -0.2) is 43.7 Å². The molecule has 184 valence electrons. The minimum atomic E-state index is -0.802. The molecule has 1 saturated carbocycles. The molecule has 2 aliphatic rings. The van der Waals surface area contributed by atoms with Gasteiger partial charge in [0, 0.05) is 31.4 Å². The summed E-state index contributed by atoms with van der Waals surface area (Å²) in [5.74, 6) is 2.64. The second-order valence-electron chi connectivity index (χ2n) is 10.00. The molecule has 36 heavy (non-hydrogen) atoms. The van der Waals surface area contributed by atoms with E-state index < -0.39 is 6.09 Å². The maximum absolute atomic E-state index is 11.3. The van der Waals surface area contributed by atoms with E-state index in [1.54, 1.807) is 4.90 Å². The molecule has 1 aliphatic carbocycles. The van der Waals surface area contributed by atoms with Crippen LogP contribution < -0.4 is 10.5 Å². The Morgan fingerprint density at radius 3 is 2.58 bits per heavy atom. The molecule has 2 aromatic heterocycles. The number of fused-ring (bicyclic) bond motifs is 2. The van der Waals surface area contributed by atoms with E-state index in [1.165, 1.54) is 6.33 Å². The second-order valence-corrected chi connectivity index (χ2v) is 10.00. The molecular weight excluding hydrogens is 454 g/mol. The van der Waals surface area contributed by atoms with Crippen LogP contribution in [0, 0.1) is 17.8 Å². The van der Waals surface area contributed by atoms with Crippen LogP contribution in [0.2, 0.25) is 0 Å². The van der Waals surface area contributed by atoms with E-state index in [2.05, 4.69) is 26.8 Å². The number of anilines is 1. The van der Waals surface area contributed by atoms with Crippen molar-refractivity contribution >= 4 is 22.9 Å². The monoisotopic (exact) mass is 483 g/mol. The molecule has 3 heterocycles. The Morgan fingerprint density at radius 2 is 1.83 bits per heavy atom. The molecule has 0 bridgehead atoms. The van der Waals surface area contributed by atoms with Gasteiger partial charge in [-0.05, 0) is 53.9 Å². The number of carboxylic acid groups (broad SMARTS) is 1. The van der Waals surface area contributed by atoms with Crippen molar-refractivity contribution in [2.45, 2.75) is 26.0 Å². The number of ether oxygens (including phenoxy) is 1. The van der Waals surface area contributed by atoms with Crippen LogP contribution in [0.5, 0.6) is 5.75 Å². The van der Waals surface area contributed by atoms with Gasteiger partial charge in [0.2, 0.25) is 0 Å². The molecule has 6 rings (SSSR count). The summed E-state index contributed by atoms with van der Waals surface area (Å²) in [4.78, 5) is 21.8. The summed E-state index contributed by atoms with van der Waals surface area (Å²) < 4.78 is 8.26. The van der Waals surface area contributed by atoms with Gasteiger partial charge in [-0.25, -0.2) is 14.8 Å². The SMILES string of the molecule is Nc1ncnc2c1c(-c1cccc(OCc3ccccc3)c1)cn2CC1CC2CN(C(=O)O)CC2C1. The minimum Gasteiger partial charge on any atom is -0.489 e. The Bertz CT molecular complexity index is 1390. The largest absolute Gasteiger partial charge is 0.489 e. The summed E-state index contributed by atoms with van der Waals surface area (Å²) in [6, 6.07) is 18.1. The molecule has 8 nitrogen and oxygen atoms in total. The van der Waals surface area contributed by atoms with Crippen LogP contribution in [0.3, 0.4) is 0 Å². The van der Waals surface area contributed by atoms with Crippen LogP contribution in [-0.2, 0) is 13.2 Å². The average Bonchev–Trinajstić information content (AvgIpc) is 3.56. The highest BCUT2D eigenvalue weighted by molar-refractivity contribution is 6.00. The molecule has 2 atom stereocenters. The number of aromatic nitrogens is 3. The van der Waals surface area contributed by atoms with E-state index in [-0.39, 0.29) is 0 Å². The molecule has 8 heteroatoms. The predicted octanol–water partition coefficient (Wildman–Crippen LogP) is 4.90. The van der Waals surface area contributed by atoms with Gasteiger partial charge in [0.05, 0.1) is 5.39 Å². The fourth-order valence-corrected chi connectivity index (χ4v) is 6.01. The zero-order chi connectivity index (χ0) is 24.6. The smallest absolute Gasteiger partial charge is 0.407 e. The highest BCUT2D eigenvalue weighted by Crippen LogP contribution is 2.43. The molecule has 2 fully saturated rings. The molecule has 2 aromatic carbocycles. The van der Waals surface area contributed by atoms with Gasteiger partial charge in [-0.3, -0.25) is 0 Å². The summed E-state index contributed by atoms with van der Waals surface area (Å²) in [6.45, 7) is 2.63. The van der Waals surface area contributed by atoms with E-state index in [0.29, 0.717) is 43.3 Å². The lowest BCUT2D eigenvalue weighted by Gasteiger charge is -2.17. The van der Waals surface area contributed by atoms with E-state index in [4.69, 9.17) is 10.5 Å². The number of likely N-dealkylation sites (tertiary alicyclic amines) is 1. The Balaban J connectivity index is 1.25. The van der Waals surface area contributed by atoms with Crippen LogP contribution >= 0.6 is 0 Å². The number of amides is 1. The summed E-state index contributed by atoms with van der Waals surface area (Å²) in [5, 5.41) is 10.2. The molecule has 1 amide bonds. The Labute approximate surface area is 209 Å². The summed E-state index contributed by atoms with van der Waals surface area (Å²) >= 11 is 0. The molecule has 4 aromatic rings. The first kappa shape index (κ1) is 22.4. The molecule has 1 aliphatic heterocycles. The predicted molar refractivity (Wildman–Crippen MR) is 137 cm³/mol. The fraction of sp³-hybridized carbons (Fsp3) is 0.321. The van der Waals surface area contributed by atoms with Crippen LogP contribution in [0.25, 0.3) is 22.2 Å². The van der Waals surface area contributed by atoms with Crippen molar-refractivity contribution in [3.63, 3.8) is 0 Å². The van der Waals surface area contributed by atoms with Gasteiger partial charge in [0.15, 0.2) is 0 Å². The third kappa shape index (κ3) is 4.23. The number of hydrogen-bond donors (Lipinski definition) is 2. The number of benzene rings is 2. The normalized spacial score (nSPS) is 21.1. The van der Waals surface area contributed by atoms with Crippen molar-refractivity contribution in [2.75, 3.05) is 18.8 Å². The number of carbonyl (C=O) groups is 1. The third-order valence-corrected chi connectivity index (χ3v) is 7.65. The molecule has 2 unspecified atom stereocenters. The lowest BCUT2D eigenvalue weighted by molar-refractivity contribution is 0.151. The molecule has 1 saturated heterocycles. The topological polar surface area (TPSA) is 107 Å². The van der Waals surface area contributed by atoms with Gasteiger partial charge in [-0.15, -0.1) is 0 Å². The number of nitrogens with two attached hydrogens (primary N) is 1. The Kier molecular flexibility index (Phi) is 5.71. The first-order chi connectivity index (χ1) is 17.5. The van der Waals surface area contributed by atoms with Crippen molar-refractivity contribution in [1.82, 2.24) is 19.4 Å². The van der Waals surface area contributed by atoms with Gasteiger partial charge in [0.25, 0.3) is 0 Å². The zero-order valence-corrected chi connectivity index (χ0v) is 20.0. The zero-order valence-electron chi connectivity index (χ0n) is 20.0. The van der Waals surface area contributed by atoms with Gasteiger partial charge in [0.1, 0.15) is 30.1 Å². The molecular formula is C28H29N5O3. The lowest BCUT2D eigenvalue weighted by Crippen LogP contribution is -2.28. The number of rotatable bonds is 6. The lowest BCUT2D eigenvalue weighted by atomic mass is 10.0. The van der Waals surface area contributed by atoms with Gasteiger partial charge in [-0.1, -0.05) is 42.5 Å². The fourth-order valence-electron chi connectivity index (χ4n) is 6.01. The summed E-state index contributed by atoms with van der Waals surface area (Å²) in [6.07, 6.45) is 4.92. The summed E-state index contributed by atoms with van der Waals surface area (Å²) in [7, 11) is 0. The number of hydrogen-bond acceptors (Lipinski definition) is 5. The minimum absolute atomic E-state index is 0.450. The van der Waals surface area contributed by atoms with Gasteiger partial charge in [-0.2, -0.15) is 0 Å². The molecule has 0 radical (unpaired) electrons. The first-order valence-electron chi connectivity index (χ1n) is 12.4. The van der Waals surface area contributed by atoms with E-state index >= 15 is 0 Å². The van der Waals surface area contributed by atoms with E-state index in [0.717, 1.165) is 52.9 Å². The van der Waals surface area contributed by atoms with Crippen molar-refractivity contribution in [2.24, 2.45) is 17.8 Å². The third-order valence-electron chi connectivity index (χ3n) is 7.65. The van der Waals surface area contributed by atoms with Crippen molar-refractivity contribution < 1.29 is 14.6 Å². The Morgan fingerprint density at radius 1 is 1.06 bits per heavy atom. The van der Waals surface area contributed by atoms with Crippen LogP contribution in [0.1, 0.15) is 18.4 Å². The van der Waals surface area contributed by atoms with Crippen LogP contribution in [0.15, 0.2) is 67.1 Å². The van der Waals surface area contributed by atoms with Crippen molar-refractivity contribution in [1.29, 1.82) is 0 Å². The highest BCUT2D eigenvalue weighted by Gasteiger charge is 2.42. The van der Waals surface area contributed by atoms with Gasteiger partial charge >= 0.3 is 6.09 Å². The second kappa shape index (κ2) is 9.18. The maximum Gasteiger partial charge on any atom is 0.407 e. The molecule has 0 spiro atoms. The summed E-state index contributed by atoms with van der Waals surface area (Å²) in [5.41, 5.74) is 10.3. The molecule has 3 N–H and O–H groups in total. The average molecular weight is 484 g/mol. The Hall–Kier alpha value is -4.07. The van der Waals surface area contributed by atoms with Gasteiger partial charge < -0.3 is 25.0 Å². The van der Waals surface area contributed by atoms with Crippen molar-refractivity contribution in [3.8, 4) is 16.9 Å². The standard InChI is InChI=1S/C28H29N5O3/c29-26-25-24(20-7-4-8-23(11-20)36-16-18-5-2-1-3-6-18)15-32(27(25)31-17-30-26)12-19-9-21-13-33(28(34)35)14-22(21)10-19/h1-8,11,15,17,19,21-22H,9-10,12-14,16H2,(H,34,35)(H2,29,30,31). The van der Waals surface area contributed by atoms with Crippen LogP contribution in [0.4, 0.5) is 10.6 Å². The maximum atomic E-state index is 11.3. The number of nitrogen functional groups attached to an aromatic ring is 1.